The summed E-state index contributed by atoms with van der Waals surface area (Å²) in [4.78, 5) is 20.4. The lowest BCUT2D eigenvalue weighted by molar-refractivity contribution is 0.102. The molecule has 4 heteroatoms. The minimum Gasteiger partial charge on any atom is -0.338 e. The summed E-state index contributed by atoms with van der Waals surface area (Å²) in [6.45, 7) is 3.98. The molecule has 0 unspecified atom stereocenters. The Hall–Kier alpha value is -3.40. The molecule has 0 aliphatic carbocycles. The van der Waals surface area contributed by atoms with Gasteiger partial charge >= 0.3 is 0 Å². The van der Waals surface area contributed by atoms with Crippen LogP contribution in [-0.4, -0.2) is 15.9 Å². The second kappa shape index (κ2) is 6.48. The summed E-state index contributed by atoms with van der Waals surface area (Å²) >= 11 is 0. The summed E-state index contributed by atoms with van der Waals surface area (Å²) in [6.07, 6.45) is 0. The first-order valence-corrected chi connectivity index (χ1v) is 8.54. The van der Waals surface area contributed by atoms with Gasteiger partial charge in [-0.05, 0) is 67.4 Å². The maximum absolute atomic E-state index is 12.5. The molecule has 0 saturated heterocycles. The SMILES string of the molecule is Cc1cccc(C(=O)Nc2ccc(-c3nc4ccccc4[nH]3)cc2)c1C. The number of carbonyl (C=O) groups excluding carboxylic acids is 1. The first-order chi connectivity index (χ1) is 12.6. The smallest absolute Gasteiger partial charge is 0.255 e. The van der Waals surface area contributed by atoms with Gasteiger partial charge in [0.05, 0.1) is 11.0 Å². The average Bonchev–Trinajstić information content (AvgIpc) is 3.08. The molecule has 2 N–H and O–H groups in total. The molecule has 3 aromatic carbocycles. The van der Waals surface area contributed by atoms with Gasteiger partial charge in [0, 0.05) is 16.8 Å². The van der Waals surface area contributed by atoms with Crippen molar-refractivity contribution in [2.75, 3.05) is 5.32 Å². The van der Waals surface area contributed by atoms with Crippen molar-refractivity contribution in [3.05, 3.63) is 83.4 Å². The van der Waals surface area contributed by atoms with Crippen molar-refractivity contribution >= 4 is 22.6 Å². The normalized spacial score (nSPS) is 10.8. The molecule has 0 aliphatic rings. The molecule has 0 spiro atoms. The van der Waals surface area contributed by atoms with Crippen molar-refractivity contribution in [3.8, 4) is 11.4 Å². The number of anilines is 1. The number of rotatable bonds is 3. The van der Waals surface area contributed by atoms with Crippen LogP contribution >= 0.6 is 0 Å². The molecular weight excluding hydrogens is 322 g/mol. The zero-order chi connectivity index (χ0) is 18.1. The second-order valence-electron chi connectivity index (χ2n) is 6.38. The highest BCUT2D eigenvalue weighted by atomic mass is 16.1. The van der Waals surface area contributed by atoms with Gasteiger partial charge in [0.1, 0.15) is 5.82 Å². The fourth-order valence-corrected chi connectivity index (χ4v) is 3.00. The van der Waals surface area contributed by atoms with E-state index in [1.165, 1.54) is 0 Å². The Labute approximate surface area is 151 Å². The largest absolute Gasteiger partial charge is 0.338 e. The van der Waals surface area contributed by atoms with Gasteiger partial charge in [-0.15, -0.1) is 0 Å². The molecule has 4 aromatic rings. The van der Waals surface area contributed by atoms with E-state index >= 15 is 0 Å². The van der Waals surface area contributed by atoms with Gasteiger partial charge in [0.2, 0.25) is 0 Å². The van der Waals surface area contributed by atoms with Gasteiger partial charge in [0.15, 0.2) is 0 Å². The summed E-state index contributed by atoms with van der Waals surface area (Å²) in [7, 11) is 0. The number of fused-ring (bicyclic) bond motifs is 1. The van der Waals surface area contributed by atoms with Crippen LogP contribution in [0.3, 0.4) is 0 Å². The van der Waals surface area contributed by atoms with Crippen molar-refractivity contribution in [1.82, 2.24) is 9.97 Å². The first kappa shape index (κ1) is 16.1. The molecule has 128 valence electrons. The minimum atomic E-state index is -0.0947. The van der Waals surface area contributed by atoms with E-state index in [4.69, 9.17) is 0 Å². The standard InChI is InChI=1S/C22H19N3O/c1-14-6-5-7-18(15(14)2)22(26)23-17-12-10-16(11-13-17)21-24-19-8-3-4-9-20(19)25-21/h3-13H,1-2H3,(H,23,26)(H,24,25). The fraction of sp³-hybridized carbons (Fsp3) is 0.0909. The Morgan fingerprint density at radius 3 is 2.46 bits per heavy atom. The van der Waals surface area contributed by atoms with Crippen LogP contribution in [0.2, 0.25) is 0 Å². The molecule has 0 aliphatic heterocycles. The van der Waals surface area contributed by atoms with Crippen LogP contribution in [0.15, 0.2) is 66.7 Å². The van der Waals surface area contributed by atoms with Gasteiger partial charge in [-0.3, -0.25) is 4.79 Å². The van der Waals surface area contributed by atoms with Gasteiger partial charge in [0.25, 0.3) is 5.91 Å². The number of aromatic amines is 1. The van der Waals surface area contributed by atoms with Crippen LogP contribution in [0, 0.1) is 13.8 Å². The molecule has 0 radical (unpaired) electrons. The third kappa shape index (κ3) is 2.97. The molecule has 4 nitrogen and oxygen atoms in total. The average molecular weight is 341 g/mol. The number of H-pyrrole nitrogens is 1. The molecule has 26 heavy (non-hydrogen) atoms. The van der Waals surface area contributed by atoms with E-state index in [1.54, 1.807) is 0 Å². The Morgan fingerprint density at radius 1 is 0.923 bits per heavy atom. The van der Waals surface area contributed by atoms with Crippen LogP contribution < -0.4 is 5.32 Å². The number of hydrogen-bond acceptors (Lipinski definition) is 2. The quantitative estimate of drug-likeness (QED) is 0.545. The third-order valence-corrected chi connectivity index (χ3v) is 4.65. The van der Waals surface area contributed by atoms with E-state index in [1.807, 2.05) is 80.6 Å². The molecule has 0 saturated carbocycles. The number of amides is 1. The topological polar surface area (TPSA) is 57.8 Å². The zero-order valence-electron chi connectivity index (χ0n) is 14.7. The lowest BCUT2D eigenvalue weighted by atomic mass is 10.0. The summed E-state index contributed by atoms with van der Waals surface area (Å²) in [5, 5.41) is 2.96. The molecule has 0 bridgehead atoms. The number of benzene rings is 3. The van der Waals surface area contributed by atoms with E-state index in [2.05, 4.69) is 15.3 Å². The van der Waals surface area contributed by atoms with Crippen LogP contribution in [0.1, 0.15) is 21.5 Å². The summed E-state index contributed by atoms with van der Waals surface area (Å²) in [5.74, 6) is 0.723. The number of hydrogen-bond donors (Lipinski definition) is 2. The highest BCUT2D eigenvalue weighted by Gasteiger charge is 2.11. The Balaban J connectivity index is 1.56. The predicted octanol–water partition coefficient (Wildman–Crippen LogP) is 5.10. The molecule has 0 fully saturated rings. The first-order valence-electron chi connectivity index (χ1n) is 8.54. The number of imidazole rings is 1. The maximum atomic E-state index is 12.5. The van der Waals surface area contributed by atoms with Crippen molar-refractivity contribution < 1.29 is 4.79 Å². The zero-order valence-corrected chi connectivity index (χ0v) is 14.7. The Kier molecular flexibility index (Phi) is 4.01. The molecule has 1 aromatic heterocycles. The van der Waals surface area contributed by atoms with E-state index < -0.39 is 0 Å². The Morgan fingerprint density at radius 2 is 1.69 bits per heavy atom. The molecule has 0 atom stereocenters. The molecular formula is C22H19N3O. The maximum Gasteiger partial charge on any atom is 0.255 e. The lowest BCUT2D eigenvalue weighted by Gasteiger charge is -2.10. The summed E-state index contributed by atoms with van der Waals surface area (Å²) < 4.78 is 0. The predicted molar refractivity (Wildman–Crippen MR) is 105 cm³/mol. The molecule has 4 rings (SSSR count). The van der Waals surface area contributed by atoms with E-state index in [-0.39, 0.29) is 5.91 Å². The van der Waals surface area contributed by atoms with Gasteiger partial charge < -0.3 is 10.3 Å². The number of carbonyl (C=O) groups is 1. The number of aryl methyl sites for hydroxylation is 1. The second-order valence-corrected chi connectivity index (χ2v) is 6.38. The van der Waals surface area contributed by atoms with Crippen molar-refractivity contribution in [2.45, 2.75) is 13.8 Å². The lowest BCUT2D eigenvalue weighted by Crippen LogP contribution is -2.13. The summed E-state index contributed by atoms with van der Waals surface area (Å²) in [5.41, 5.74) is 6.50. The fourth-order valence-electron chi connectivity index (χ4n) is 3.00. The van der Waals surface area contributed by atoms with Crippen LogP contribution in [0.4, 0.5) is 5.69 Å². The van der Waals surface area contributed by atoms with E-state index in [0.717, 1.165) is 39.2 Å². The van der Waals surface area contributed by atoms with Crippen molar-refractivity contribution in [3.63, 3.8) is 0 Å². The van der Waals surface area contributed by atoms with E-state index in [0.29, 0.717) is 5.56 Å². The molecule has 1 amide bonds. The number of nitrogens with one attached hydrogen (secondary N) is 2. The van der Waals surface area contributed by atoms with Gasteiger partial charge in [-0.1, -0.05) is 24.3 Å². The van der Waals surface area contributed by atoms with Crippen molar-refractivity contribution in [2.24, 2.45) is 0 Å². The highest BCUT2D eigenvalue weighted by Crippen LogP contribution is 2.22. The highest BCUT2D eigenvalue weighted by molar-refractivity contribution is 6.05. The van der Waals surface area contributed by atoms with Gasteiger partial charge in [-0.2, -0.15) is 0 Å². The number of para-hydroxylation sites is 2. The van der Waals surface area contributed by atoms with Crippen LogP contribution in [-0.2, 0) is 0 Å². The van der Waals surface area contributed by atoms with Crippen molar-refractivity contribution in [1.29, 1.82) is 0 Å². The van der Waals surface area contributed by atoms with Crippen LogP contribution in [0.25, 0.3) is 22.4 Å². The van der Waals surface area contributed by atoms with Gasteiger partial charge in [-0.25, -0.2) is 4.98 Å². The number of aromatic nitrogens is 2. The summed E-state index contributed by atoms with van der Waals surface area (Å²) in [6, 6.07) is 21.4. The minimum absolute atomic E-state index is 0.0947. The van der Waals surface area contributed by atoms with E-state index in [9.17, 15) is 4.79 Å². The molecule has 1 heterocycles. The monoisotopic (exact) mass is 341 g/mol. The third-order valence-electron chi connectivity index (χ3n) is 4.65. The number of nitrogens with zero attached hydrogens (tertiary/aromatic N) is 1. The van der Waals surface area contributed by atoms with Crippen LogP contribution in [0.5, 0.6) is 0 Å². The Bertz CT molecular complexity index is 1060.